The van der Waals surface area contributed by atoms with Crippen LogP contribution in [-0.2, 0) is 17.8 Å². The third kappa shape index (κ3) is 4.10. The monoisotopic (exact) mass is 407 g/mol. The average Bonchev–Trinajstić information content (AvgIpc) is 3.45. The van der Waals surface area contributed by atoms with Gasteiger partial charge in [0.2, 0.25) is 5.91 Å². The van der Waals surface area contributed by atoms with E-state index >= 15 is 0 Å². The first-order valence-electron chi connectivity index (χ1n) is 10.7. The molecule has 7 heteroatoms. The molecular formula is C23H29N5O2. The lowest BCUT2D eigenvalue weighted by Gasteiger charge is -2.36. The van der Waals surface area contributed by atoms with Crippen molar-refractivity contribution in [1.29, 1.82) is 0 Å². The minimum atomic E-state index is 0.00819. The van der Waals surface area contributed by atoms with Gasteiger partial charge in [0.15, 0.2) is 0 Å². The van der Waals surface area contributed by atoms with Crippen molar-refractivity contribution in [3.05, 3.63) is 54.5 Å². The van der Waals surface area contributed by atoms with Crippen molar-refractivity contribution in [1.82, 2.24) is 24.4 Å². The molecule has 0 unspecified atom stereocenters. The highest BCUT2D eigenvalue weighted by Gasteiger charge is 2.32. The topological polar surface area (TPSA) is 76.0 Å². The molecule has 0 bridgehead atoms. The number of aromatic amines is 1. The molecule has 1 N–H and O–H groups in total. The van der Waals surface area contributed by atoms with E-state index in [0.717, 1.165) is 54.3 Å². The van der Waals surface area contributed by atoms with E-state index in [1.165, 1.54) is 0 Å². The maximum atomic E-state index is 13.1. The Hall–Kier alpha value is -3.09. The Kier molecular flexibility index (Phi) is 6.16. The zero-order valence-corrected chi connectivity index (χ0v) is 17.7. The van der Waals surface area contributed by atoms with Crippen molar-refractivity contribution in [3.63, 3.8) is 0 Å². The lowest BCUT2D eigenvalue weighted by Crippen LogP contribution is -2.42. The van der Waals surface area contributed by atoms with E-state index in [2.05, 4.69) is 27.7 Å². The van der Waals surface area contributed by atoms with Gasteiger partial charge in [-0.1, -0.05) is 31.9 Å². The molecule has 3 heterocycles. The molecule has 1 aliphatic rings. The highest BCUT2D eigenvalue weighted by molar-refractivity contribution is 5.77. The number of H-pyrrole nitrogens is 1. The van der Waals surface area contributed by atoms with E-state index in [9.17, 15) is 4.79 Å². The van der Waals surface area contributed by atoms with Crippen molar-refractivity contribution in [2.45, 2.75) is 51.6 Å². The van der Waals surface area contributed by atoms with Gasteiger partial charge in [0.25, 0.3) is 0 Å². The van der Waals surface area contributed by atoms with E-state index in [1.807, 2.05) is 35.4 Å². The number of carbonyl (C=O) groups is 1. The molecule has 7 nitrogen and oxygen atoms in total. The molecule has 1 aliphatic heterocycles. The van der Waals surface area contributed by atoms with Gasteiger partial charge in [-0.3, -0.25) is 4.79 Å². The molecule has 2 aromatic heterocycles. The number of rotatable bonds is 8. The Bertz CT molecular complexity index is 979. The van der Waals surface area contributed by atoms with Crippen molar-refractivity contribution < 1.29 is 9.53 Å². The molecule has 1 amide bonds. The molecule has 4 rings (SSSR count). The molecule has 158 valence electrons. The molecule has 1 atom stereocenters. The van der Waals surface area contributed by atoms with Crippen LogP contribution in [0.3, 0.4) is 0 Å². The Balaban J connectivity index is 1.59. The van der Waals surface area contributed by atoms with E-state index in [1.54, 1.807) is 13.4 Å². The van der Waals surface area contributed by atoms with Crippen LogP contribution >= 0.6 is 0 Å². The fraction of sp³-hybridized carbons (Fsp3) is 0.435. The predicted molar refractivity (Wildman–Crippen MR) is 115 cm³/mol. The van der Waals surface area contributed by atoms with Gasteiger partial charge in [0, 0.05) is 37.5 Å². The summed E-state index contributed by atoms with van der Waals surface area (Å²) in [5.74, 6) is 1.96. The van der Waals surface area contributed by atoms with Crippen LogP contribution in [0.25, 0.3) is 11.3 Å². The van der Waals surface area contributed by atoms with Crippen LogP contribution in [0.4, 0.5) is 0 Å². The molecule has 0 fully saturated rings. The maximum absolute atomic E-state index is 13.1. The fourth-order valence-electron chi connectivity index (χ4n) is 4.16. The lowest BCUT2D eigenvalue weighted by atomic mass is 10.0. The fourth-order valence-corrected chi connectivity index (χ4v) is 4.16. The number of imidazole rings is 2. The van der Waals surface area contributed by atoms with Gasteiger partial charge < -0.3 is 19.2 Å². The van der Waals surface area contributed by atoms with Gasteiger partial charge in [-0.05, 0) is 25.0 Å². The number of amides is 1. The van der Waals surface area contributed by atoms with Crippen LogP contribution in [0.1, 0.15) is 50.2 Å². The third-order valence-electron chi connectivity index (χ3n) is 5.75. The normalized spacial score (nSPS) is 15.8. The molecule has 0 aliphatic carbocycles. The number of para-hydroxylation sites is 1. The van der Waals surface area contributed by atoms with Gasteiger partial charge in [-0.2, -0.15) is 0 Å². The smallest absolute Gasteiger partial charge is 0.223 e. The highest BCUT2D eigenvalue weighted by Crippen LogP contribution is 2.35. The quantitative estimate of drug-likeness (QED) is 0.613. The summed E-state index contributed by atoms with van der Waals surface area (Å²) >= 11 is 0. The molecule has 0 spiro atoms. The van der Waals surface area contributed by atoms with Gasteiger partial charge in [0.05, 0.1) is 30.9 Å². The zero-order chi connectivity index (χ0) is 20.9. The molecule has 1 aromatic carbocycles. The molecule has 0 radical (unpaired) electrons. The van der Waals surface area contributed by atoms with Gasteiger partial charge in [0.1, 0.15) is 11.6 Å². The third-order valence-corrected chi connectivity index (χ3v) is 5.75. The number of ether oxygens (including phenoxy) is 1. The predicted octanol–water partition coefficient (Wildman–Crippen LogP) is 3.99. The first-order valence-corrected chi connectivity index (χ1v) is 10.7. The average molecular weight is 408 g/mol. The van der Waals surface area contributed by atoms with Crippen LogP contribution in [0.2, 0.25) is 0 Å². The van der Waals surface area contributed by atoms with Crippen LogP contribution in [0, 0.1) is 0 Å². The summed E-state index contributed by atoms with van der Waals surface area (Å²) in [6.07, 6.45) is 9.79. The van der Waals surface area contributed by atoms with Crippen LogP contribution in [0.15, 0.2) is 43.0 Å². The number of unbranched alkanes of at least 4 members (excludes halogenated alkanes) is 1. The van der Waals surface area contributed by atoms with Gasteiger partial charge >= 0.3 is 0 Å². The van der Waals surface area contributed by atoms with E-state index < -0.39 is 0 Å². The summed E-state index contributed by atoms with van der Waals surface area (Å²) in [5, 5.41) is 0. The Morgan fingerprint density at radius 1 is 1.30 bits per heavy atom. The van der Waals surface area contributed by atoms with Crippen LogP contribution < -0.4 is 4.74 Å². The van der Waals surface area contributed by atoms with Crippen LogP contribution in [-0.4, -0.2) is 44.0 Å². The second-order valence-electron chi connectivity index (χ2n) is 7.68. The molecular weight excluding hydrogens is 378 g/mol. The minimum absolute atomic E-state index is 0.00819. The molecule has 0 saturated heterocycles. The summed E-state index contributed by atoms with van der Waals surface area (Å²) in [5.41, 5.74) is 2.80. The first kappa shape index (κ1) is 20.2. The number of fused-ring (bicyclic) bond motifs is 1. The molecule has 30 heavy (non-hydrogen) atoms. The second kappa shape index (κ2) is 9.15. The van der Waals surface area contributed by atoms with Crippen molar-refractivity contribution >= 4 is 5.91 Å². The first-order chi connectivity index (χ1) is 14.7. The summed E-state index contributed by atoms with van der Waals surface area (Å²) < 4.78 is 7.74. The Labute approximate surface area is 177 Å². The van der Waals surface area contributed by atoms with Crippen LogP contribution in [0.5, 0.6) is 5.75 Å². The SMILES string of the molecule is CCCC[C@H]1c2nc(-c3ccccc3OC)cn2CCN1C(=O)CCc1c[nH]cn1. The molecule has 3 aromatic rings. The molecule has 0 saturated carbocycles. The number of benzene rings is 1. The second-order valence-corrected chi connectivity index (χ2v) is 7.68. The van der Waals surface area contributed by atoms with E-state index in [0.29, 0.717) is 19.4 Å². The Morgan fingerprint density at radius 3 is 2.93 bits per heavy atom. The standard InChI is InChI=1S/C23H29N5O2/c1-3-4-8-20-23-26-19(18-7-5-6-9-21(18)30-2)15-27(23)12-13-28(20)22(29)11-10-17-14-24-16-25-17/h5-7,9,14-16,20H,3-4,8,10-13H2,1-2H3,(H,24,25)/t20-/m0/s1. The largest absolute Gasteiger partial charge is 0.496 e. The van der Waals surface area contributed by atoms with E-state index in [-0.39, 0.29) is 11.9 Å². The van der Waals surface area contributed by atoms with Gasteiger partial charge in [-0.15, -0.1) is 0 Å². The number of nitrogens with one attached hydrogen (secondary N) is 1. The summed E-state index contributed by atoms with van der Waals surface area (Å²) in [6, 6.07) is 7.94. The maximum Gasteiger partial charge on any atom is 0.223 e. The van der Waals surface area contributed by atoms with Gasteiger partial charge in [-0.25, -0.2) is 9.97 Å². The number of methoxy groups -OCH3 is 1. The van der Waals surface area contributed by atoms with E-state index in [4.69, 9.17) is 9.72 Å². The summed E-state index contributed by atoms with van der Waals surface area (Å²) in [6.45, 7) is 3.65. The number of hydrogen-bond acceptors (Lipinski definition) is 4. The van der Waals surface area contributed by atoms with Crippen molar-refractivity contribution in [3.8, 4) is 17.0 Å². The lowest BCUT2D eigenvalue weighted by molar-refractivity contribution is -0.135. The number of aryl methyl sites for hydroxylation is 1. The summed E-state index contributed by atoms with van der Waals surface area (Å²) in [7, 11) is 1.68. The van der Waals surface area contributed by atoms with Crippen molar-refractivity contribution in [2.24, 2.45) is 0 Å². The number of carbonyl (C=O) groups excluding carboxylic acids is 1. The zero-order valence-electron chi connectivity index (χ0n) is 17.7. The number of hydrogen-bond donors (Lipinski definition) is 1. The summed E-state index contributed by atoms with van der Waals surface area (Å²) in [4.78, 5) is 27.3. The number of nitrogens with zero attached hydrogens (tertiary/aromatic N) is 4. The Morgan fingerprint density at radius 2 is 2.17 bits per heavy atom. The highest BCUT2D eigenvalue weighted by atomic mass is 16.5. The minimum Gasteiger partial charge on any atom is -0.496 e. The van der Waals surface area contributed by atoms with Crippen molar-refractivity contribution in [2.75, 3.05) is 13.7 Å². The number of aromatic nitrogens is 4.